The van der Waals surface area contributed by atoms with Crippen molar-refractivity contribution in [2.75, 3.05) is 7.11 Å². The predicted octanol–water partition coefficient (Wildman–Crippen LogP) is 4.54. The lowest BCUT2D eigenvalue weighted by Crippen LogP contribution is -2.36. The van der Waals surface area contributed by atoms with Gasteiger partial charge < -0.3 is 15.2 Å². The Balaban J connectivity index is 1.71. The minimum Gasteiger partial charge on any atom is -0.494 e. The van der Waals surface area contributed by atoms with Gasteiger partial charge in [0.15, 0.2) is 11.6 Å². The molecule has 130 valence electrons. The van der Waals surface area contributed by atoms with E-state index in [9.17, 15) is 14.3 Å². The maximum absolute atomic E-state index is 14.0. The number of amides is 1. The topological polar surface area (TPSA) is 58.6 Å². The molecule has 1 fully saturated rings. The Bertz CT molecular complexity index is 845. The Morgan fingerprint density at radius 1 is 1.20 bits per heavy atom. The van der Waals surface area contributed by atoms with Gasteiger partial charge in [-0.1, -0.05) is 24.3 Å². The largest absolute Gasteiger partial charge is 0.494 e. The first kappa shape index (κ1) is 15.9. The van der Waals surface area contributed by atoms with Crippen molar-refractivity contribution in [1.82, 2.24) is 5.32 Å². The Morgan fingerprint density at radius 2 is 1.92 bits per heavy atom. The number of carbonyl (C=O) groups is 1. The van der Waals surface area contributed by atoms with Gasteiger partial charge >= 0.3 is 6.09 Å². The zero-order valence-corrected chi connectivity index (χ0v) is 14.0. The van der Waals surface area contributed by atoms with E-state index in [1.165, 1.54) is 13.2 Å². The first-order chi connectivity index (χ1) is 12.0. The summed E-state index contributed by atoms with van der Waals surface area (Å²) in [7, 11) is 1.44. The third-order valence-corrected chi connectivity index (χ3v) is 5.60. The summed E-state index contributed by atoms with van der Waals surface area (Å²) >= 11 is 0. The first-order valence-corrected chi connectivity index (χ1v) is 8.49. The van der Waals surface area contributed by atoms with Crippen molar-refractivity contribution in [3.63, 3.8) is 0 Å². The molecule has 2 N–H and O–H groups in total. The second kappa shape index (κ2) is 5.76. The summed E-state index contributed by atoms with van der Waals surface area (Å²) in [6.07, 6.45) is 3.09. The highest BCUT2D eigenvalue weighted by Gasteiger charge is 2.52. The molecule has 2 aromatic rings. The fourth-order valence-electron chi connectivity index (χ4n) is 4.04. The van der Waals surface area contributed by atoms with Gasteiger partial charge in [0.2, 0.25) is 0 Å². The van der Waals surface area contributed by atoms with Crippen LogP contribution in [0.3, 0.4) is 0 Å². The summed E-state index contributed by atoms with van der Waals surface area (Å²) in [6, 6.07) is 10.8. The third kappa shape index (κ3) is 2.73. The van der Waals surface area contributed by atoms with Crippen LogP contribution in [0.4, 0.5) is 9.18 Å². The number of ether oxygens (including phenoxy) is 1. The summed E-state index contributed by atoms with van der Waals surface area (Å²) < 4.78 is 19.0. The van der Waals surface area contributed by atoms with Crippen LogP contribution in [0.15, 0.2) is 36.4 Å². The molecule has 1 amide bonds. The first-order valence-electron chi connectivity index (χ1n) is 8.49. The number of hydrogen-bond donors (Lipinski definition) is 2. The molecule has 1 saturated carbocycles. The second-order valence-electron chi connectivity index (χ2n) is 7.01. The molecule has 5 heteroatoms. The van der Waals surface area contributed by atoms with Crippen LogP contribution in [0.1, 0.15) is 36.4 Å². The Labute approximate surface area is 145 Å². The Kier molecular flexibility index (Phi) is 3.67. The monoisotopic (exact) mass is 341 g/mol. The number of carboxylic acid groups (broad SMARTS) is 1. The van der Waals surface area contributed by atoms with Gasteiger partial charge in [0.25, 0.3) is 0 Å². The van der Waals surface area contributed by atoms with Crippen molar-refractivity contribution in [2.24, 2.45) is 5.41 Å². The van der Waals surface area contributed by atoms with Gasteiger partial charge in [0.05, 0.1) is 13.2 Å². The molecule has 1 spiro atoms. The van der Waals surface area contributed by atoms with Gasteiger partial charge in [0, 0.05) is 0 Å². The maximum atomic E-state index is 14.0. The van der Waals surface area contributed by atoms with E-state index < -0.39 is 6.09 Å². The minimum atomic E-state index is -0.981. The summed E-state index contributed by atoms with van der Waals surface area (Å²) in [6.45, 7) is 0. The van der Waals surface area contributed by atoms with Crippen LogP contribution in [-0.2, 0) is 6.42 Å². The SMILES string of the molecule is COc1ccc(-c2ccc3c(c2)CCC2(CC2)C3NC(=O)O)cc1F. The highest BCUT2D eigenvalue weighted by molar-refractivity contribution is 5.68. The van der Waals surface area contributed by atoms with Crippen molar-refractivity contribution in [1.29, 1.82) is 0 Å². The molecule has 0 saturated heterocycles. The van der Waals surface area contributed by atoms with Crippen LogP contribution in [0.2, 0.25) is 0 Å². The number of halogens is 1. The van der Waals surface area contributed by atoms with Gasteiger partial charge in [-0.3, -0.25) is 0 Å². The summed E-state index contributed by atoms with van der Waals surface area (Å²) in [5.41, 5.74) is 4.02. The van der Waals surface area contributed by atoms with Crippen LogP contribution in [0.25, 0.3) is 11.1 Å². The van der Waals surface area contributed by atoms with Crippen molar-refractivity contribution in [3.05, 3.63) is 53.3 Å². The van der Waals surface area contributed by atoms with E-state index in [0.717, 1.165) is 47.9 Å². The predicted molar refractivity (Wildman–Crippen MR) is 92.3 cm³/mol. The average molecular weight is 341 g/mol. The standard InChI is InChI=1S/C20H20FNO3/c1-25-17-5-3-13(11-16(17)21)12-2-4-15-14(10-12)6-7-20(8-9-20)18(15)22-19(23)24/h2-5,10-11,18,22H,6-9H2,1H3,(H,23,24). The molecular formula is C20H20FNO3. The highest BCUT2D eigenvalue weighted by atomic mass is 19.1. The van der Waals surface area contributed by atoms with E-state index in [0.29, 0.717) is 0 Å². The summed E-state index contributed by atoms with van der Waals surface area (Å²) in [4.78, 5) is 11.2. The van der Waals surface area contributed by atoms with Crippen LogP contribution in [0, 0.1) is 11.2 Å². The van der Waals surface area contributed by atoms with Crippen molar-refractivity contribution in [3.8, 4) is 16.9 Å². The van der Waals surface area contributed by atoms with Gasteiger partial charge in [0.1, 0.15) is 0 Å². The van der Waals surface area contributed by atoms with E-state index in [2.05, 4.69) is 11.4 Å². The smallest absolute Gasteiger partial charge is 0.405 e. The van der Waals surface area contributed by atoms with Crippen LogP contribution < -0.4 is 10.1 Å². The molecule has 0 heterocycles. The molecule has 1 unspecified atom stereocenters. The van der Waals surface area contributed by atoms with E-state index in [1.807, 2.05) is 18.2 Å². The van der Waals surface area contributed by atoms with Gasteiger partial charge in [-0.15, -0.1) is 0 Å². The number of fused-ring (bicyclic) bond motifs is 1. The lowest BCUT2D eigenvalue weighted by Gasteiger charge is -2.34. The molecular weight excluding hydrogens is 321 g/mol. The molecule has 0 radical (unpaired) electrons. The lowest BCUT2D eigenvalue weighted by molar-refractivity contribution is 0.178. The van der Waals surface area contributed by atoms with Crippen LogP contribution >= 0.6 is 0 Å². The van der Waals surface area contributed by atoms with E-state index in [-0.39, 0.29) is 23.0 Å². The molecule has 0 bridgehead atoms. The minimum absolute atomic E-state index is 0.0964. The summed E-state index contributed by atoms with van der Waals surface area (Å²) in [5, 5.41) is 11.9. The zero-order valence-electron chi connectivity index (χ0n) is 14.0. The maximum Gasteiger partial charge on any atom is 0.405 e. The molecule has 4 nitrogen and oxygen atoms in total. The van der Waals surface area contributed by atoms with Crippen LogP contribution in [-0.4, -0.2) is 18.3 Å². The van der Waals surface area contributed by atoms with Crippen molar-refractivity contribution in [2.45, 2.75) is 31.7 Å². The number of aryl methyl sites for hydroxylation is 1. The molecule has 2 aromatic carbocycles. The van der Waals surface area contributed by atoms with E-state index >= 15 is 0 Å². The number of methoxy groups -OCH3 is 1. The number of benzene rings is 2. The number of nitrogens with one attached hydrogen (secondary N) is 1. The number of rotatable bonds is 3. The average Bonchev–Trinajstić information content (AvgIpc) is 3.37. The fourth-order valence-corrected chi connectivity index (χ4v) is 4.04. The van der Waals surface area contributed by atoms with Gasteiger partial charge in [-0.25, -0.2) is 9.18 Å². The fraction of sp³-hybridized carbons (Fsp3) is 0.350. The van der Waals surface area contributed by atoms with Gasteiger partial charge in [-0.05, 0) is 65.5 Å². The molecule has 25 heavy (non-hydrogen) atoms. The molecule has 2 aliphatic carbocycles. The van der Waals surface area contributed by atoms with Gasteiger partial charge in [-0.2, -0.15) is 0 Å². The number of hydrogen-bond acceptors (Lipinski definition) is 2. The normalized spacial score (nSPS) is 20.0. The molecule has 0 aromatic heterocycles. The van der Waals surface area contributed by atoms with Crippen molar-refractivity contribution < 1.29 is 19.0 Å². The Morgan fingerprint density at radius 3 is 2.56 bits per heavy atom. The second-order valence-corrected chi connectivity index (χ2v) is 7.01. The molecule has 4 rings (SSSR count). The van der Waals surface area contributed by atoms with E-state index in [1.54, 1.807) is 6.07 Å². The highest BCUT2D eigenvalue weighted by Crippen LogP contribution is 2.60. The Hall–Kier alpha value is -2.56. The third-order valence-electron chi connectivity index (χ3n) is 5.60. The summed E-state index contributed by atoms with van der Waals surface area (Å²) in [5.74, 6) is -0.164. The van der Waals surface area contributed by atoms with Crippen molar-refractivity contribution >= 4 is 6.09 Å². The van der Waals surface area contributed by atoms with Crippen LogP contribution in [0.5, 0.6) is 5.75 Å². The molecule has 1 atom stereocenters. The quantitative estimate of drug-likeness (QED) is 0.862. The molecule has 0 aliphatic heterocycles. The lowest BCUT2D eigenvalue weighted by atomic mass is 9.76. The molecule has 2 aliphatic rings. The zero-order chi connectivity index (χ0) is 17.6. The van der Waals surface area contributed by atoms with E-state index in [4.69, 9.17) is 4.74 Å².